The first-order chi connectivity index (χ1) is 14.1. The van der Waals surface area contributed by atoms with Crippen LogP contribution in [0.3, 0.4) is 0 Å². The van der Waals surface area contributed by atoms with Gasteiger partial charge in [0.2, 0.25) is 5.91 Å². The van der Waals surface area contributed by atoms with Crippen molar-refractivity contribution in [2.24, 2.45) is 0 Å². The molecule has 6 nitrogen and oxygen atoms in total. The smallest absolute Gasteiger partial charge is 0.340 e. The van der Waals surface area contributed by atoms with Crippen molar-refractivity contribution in [1.29, 1.82) is 0 Å². The van der Waals surface area contributed by atoms with Crippen molar-refractivity contribution in [3.8, 4) is 11.3 Å². The fourth-order valence-corrected chi connectivity index (χ4v) is 3.81. The molecule has 0 aliphatic carbocycles. The van der Waals surface area contributed by atoms with Crippen molar-refractivity contribution in [2.45, 2.75) is 12.8 Å². The maximum absolute atomic E-state index is 13.0. The highest BCUT2D eigenvalue weighted by Crippen LogP contribution is 2.43. The van der Waals surface area contributed by atoms with E-state index < -0.39 is 11.9 Å². The van der Waals surface area contributed by atoms with Gasteiger partial charge in [0.15, 0.2) is 0 Å². The summed E-state index contributed by atoms with van der Waals surface area (Å²) in [6.07, 6.45) is 0. The molecular weight excluding hydrogens is 368 g/mol. The average Bonchev–Trinajstić information content (AvgIpc) is 3.24. The van der Waals surface area contributed by atoms with Crippen LogP contribution in [-0.2, 0) is 14.3 Å². The van der Waals surface area contributed by atoms with Crippen molar-refractivity contribution in [1.82, 2.24) is 4.98 Å². The standard InChI is InChI=1S/C23H22N2O4/c1-14-18(23(27)29-13-12-28-2)20(21(24-14)15-8-4-3-5-9-15)19-16-10-6-7-11-17(16)25-22(19)26/h3-11,19,24H,12-13H2,1-2H3,(H,25,26). The number of nitrogens with one attached hydrogen (secondary N) is 2. The molecule has 1 aliphatic rings. The van der Waals surface area contributed by atoms with Crippen molar-refractivity contribution in [3.63, 3.8) is 0 Å². The molecule has 0 radical (unpaired) electrons. The molecule has 29 heavy (non-hydrogen) atoms. The number of rotatable bonds is 6. The van der Waals surface area contributed by atoms with Gasteiger partial charge in [-0.15, -0.1) is 0 Å². The number of para-hydroxylation sites is 1. The minimum atomic E-state index is -0.601. The minimum absolute atomic E-state index is 0.146. The van der Waals surface area contributed by atoms with E-state index in [0.717, 1.165) is 22.5 Å². The number of hydrogen-bond donors (Lipinski definition) is 2. The SMILES string of the molecule is COCCOC(=O)c1c(C)[nH]c(-c2ccccc2)c1C1C(=O)Nc2ccccc21. The van der Waals surface area contributed by atoms with E-state index in [4.69, 9.17) is 9.47 Å². The van der Waals surface area contributed by atoms with E-state index in [2.05, 4.69) is 10.3 Å². The van der Waals surface area contributed by atoms with Crippen molar-refractivity contribution < 1.29 is 19.1 Å². The van der Waals surface area contributed by atoms with Crippen molar-refractivity contribution in [2.75, 3.05) is 25.6 Å². The number of hydrogen-bond acceptors (Lipinski definition) is 4. The molecule has 2 aromatic carbocycles. The molecule has 0 fully saturated rings. The lowest BCUT2D eigenvalue weighted by Crippen LogP contribution is -2.18. The van der Waals surface area contributed by atoms with E-state index in [1.54, 1.807) is 7.11 Å². The Bertz CT molecular complexity index is 1060. The van der Waals surface area contributed by atoms with Gasteiger partial charge in [-0.25, -0.2) is 4.79 Å². The molecule has 0 spiro atoms. The van der Waals surface area contributed by atoms with Crippen LogP contribution in [-0.4, -0.2) is 37.2 Å². The Morgan fingerprint density at radius 2 is 1.76 bits per heavy atom. The summed E-state index contributed by atoms with van der Waals surface area (Å²) in [5, 5.41) is 2.93. The van der Waals surface area contributed by atoms with Gasteiger partial charge < -0.3 is 19.8 Å². The summed E-state index contributed by atoms with van der Waals surface area (Å²) in [6, 6.07) is 17.2. The molecule has 1 atom stereocenters. The second kappa shape index (κ2) is 7.93. The van der Waals surface area contributed by atoms with Crippen LogP contribution in [0.15, 0.2) is 54.6 Å². The Balaban J connectivity index is 1.88. The molecule has 0 saturated heterocycles. The van der Waals surface area contributed by atoms with Crippen LogP contribution >= 0.6 is 0 Å². The van der Waals surface area contributed by atoms with Crippen LogP contribution in [0.2, 0.25) is 0 Å². The van der Waals surface area contributed by atoms with E-state index in [9.17, 15) is 9.59 Å². The number of aromatic nitrogens is 1. The van der Waals surface area contributed by atoms with Gasteiger partial charge >= 0.3 is 5.97 Å². The van der Waals surface area contributed by atoms with Crippen LogP contribution in [0, 0.1) is 6.92 Å². The van der Waals surface area contributed by atoms with Gasteiger partial charge in [-0.2, -0.15) is 0 Å². The molecule has 0 saturated carbocycles. The quantitative estimate of drug-likeness (QED) is 0.494. The van der Waals surface area contributed by atoms with E-state index in [-0.39, 0.29) is 12.5 Å². The fraction of sp³-hybridized carbons (Fsp3) is 0.217. The Morgan fingerprint density at radius 3 is 2.52 bits per heavy atom. The Kier molecular flexibility index (Phi) is 5.18. The molecule has 1 unspecified atom stereocenters. The van der Waals surface area contributed by atoms with Gasteiger partial charge in [0, 0.05) is 24.1 Å². The summed E-state index contributed by atoms with van der Waals surface area (Å²) in [5.74, 6) is -1.23. The number of aromatic amines is 1. The summed E-state index contributed by atoms with van der Waals surface area (Å²) in [5.41, 5.74) is 4.96. The predicted molar refractivity (Wildman–Crippen MR) is 110 cm³/mol. The summed E-state index contributed by atoms with van der Waals surface area (Å²) in [4.78, 5) is 29.2. The molecule has 2 heterocycles. The molecule has 3 aromatic rings. The third-order valence-corrected chi connectivity index (χ3v) is 5.09. The number of H-pyrrole nitrogens is 1. The van der Waals surface area contributed by atoms with Crippen LogP contribution in [0.1, 0.15) is 33.1 Å². The average molecular weight is 390 g/mol. The first-order valence-corrected chi connectivity index (χ1v) is 9.45. The highest BCUT2D eigenvalue weighted by Gasteiger charge is 2.38. The second-order valence-electron chi connectivity index (χ2n) is 6.92. The summed E-state index contributed by atoms with van der Waals surface area (Å²) < 4.78 is 10.4. The maximum Gasteiger partial charge on any atom is 0.340 e. The highest BCUT2D eigenvalue weighted by molar-refractivity contribution is 6.08. The Hall–Kier alpha value is -3.38. The third-order valence-electron chi connectivity index (χ3n) is 5.09. The number of anilines is 1. The van der Waals surface area contributed by atoms with E-state index in [0.29, 0.717) is 23.4 Å². The first-order valence-electron chi connectivity index (χ1n) is 9.45. The lowest BCUT2D eigenvalue weighted by atomic mass is 9.87. The Labute approximate surface area is 168 Å². The van der Waals surface area contributed by atoms with Gasteiger partial charge in [0.05, 0.1) is 23.8 Å². The lowest BCUT2D eigenvalue weighted by molar-refractivity contribution is -0.116. The lowest BCUT2D eigenvalue weighted by Gasteiger charge is -2.14. The van der Waals surface area contributed by atoms with Gasteiger partial charge in [-0.3, -0.25) is 4.79 Å². The molecule has 4 rings (SSSR count). The number of carbonyl (C=O) groups excluding carboxylic acids is 2. The third kappa shape index (κ3) is 3.43. The topological polar surface area (TPSA) is 80.4 Å². The molecular formula is C23H22N2O4. The zero-order chi connectivity index (χ0) is 20.4. The zero-order valence-electron chi connectivity index (χ0n) is 16.3. The Morgan fingerprint density at radius 1 is 1.03 bits per heavy atom. The molecule has 0 bridgehead atoms. The van der Waals surface area contributed by atoms with Crippen LogP contribution in [0.4, 0.5) is 5.69 Å². The summed E-state index contributed by atoms with van der Waals surface area (Å²) in [6.45, 7) is 2.28. The van der Waals surface area contributed by atoms with Crippen molar-refractivity contribution >= 4 is 17.6 Å². The number of carbonyl (C=O) groups is 2. The molecule has 148 valence electrons. The molecule has 1 aliphatic heterocycles. The normalized spacial score (nSPS) is 15.1. The van der Waals surface area contributed by atoms with Gasteiger partial charge in [0.1, 0.15) is 6.61 Å². The predicted octanol–water partition coefficient (Wildman–Crippen LogP) is 3.88. The number of ether oxygens (including phenoxy) is 2. The van der Waals surface area contributed by atoms with E-state index in [1.807, 2.05) is 61.5 Å². The first kappa shape index (κ1) is 19.0. The summed E-state index contributed by atoms with van der Waals surface area (Å²) >= 11 is 0. The number of amides is 1. The molecule has 6 heteroatoms. The number of aryl methyl sites for hydroxylation is 1. The number of fused-ring (bicyclic) bond motifs is 1. The number of esters is 1. The highest BCUT2D eigenvalue weighted by atomic mass is 16.6. The van der Waals surface area contributed by atoms with E-state index in [1.165, 1.54) is 0 Å². The second-order valence-corrected chi connectivity index (χ2v) is 6.92. The monoisotopic (exact) mass is 390 g/mol. The summed E-state index contributed by atoms with van der Waals surface area (Å²) in [7, 11) is 1.55. The zero-order valence-corrected chi connectivity index (χ0v) is 16.3. The van der Waals surface area contributed by atoms with E-state index >= 15 is 0 Å². The van der Waals surface area contributed by atoms with Gasteiger partial charge in [-0.05, 0) is 24.1 Å². The molecule has 2 N–H and O–H groups in total. The van der Waals surface area contributed by atoms with Crippen LogP contribution in [0.5, 0.6) is 0 Å². The van der Waals surface area contributed by atoms with Crippen LogP contribution in [0.25, 0.3) is 11.3 Å². The molecule has 1 aromatic heterocycles. The van der Waals surface area contributed by atoms with Crippen LogP contribution < -0.4 is 5.32 Å². The fourth-order valence-electron chi connectivity index (χ4n) is 3.81. The largest absolute Gasteiger partial charge is 0.460 e. The van der Waals surface area contributed by atoms with Gasteiger partial charge in [0.25, 0.3) is 0 Å². The van der Waals surface area contributed by atoms with Gasteiger partial charge in [-0.1, -0.05) is 48.5 Å². The maximum atomic E-state index is 13.0. The van der Waals surface area contributed by atoms with Crippen molar-refractivity contribution in [3.05, 3.63) is 77.0 Å². The number of methoxy groups -OCH3 is 1. The minimum Gasteiger partial charge on any atom is -0.460 e. The number of benzene rings is 2. The molecule has 1 amide bonds.